The Labute approximate surface area is 223 Å². The van der Waals surface area contributed by atoms with Crippen LogP contribution in [0.5, 0.6) is 0 Å². The van der Waals surface area contributed by atoms with Crippen molar-refractivity contribution in [3.8, 4) is 0 Å². The van der Waals surface area contributed by atoms with E-state index in [1.54, 1.807) is 30.7 Å². The fraction of sp³-hybridized carbons (Fsp3) is 0.217. The van der Waals surface area contributed by atoms with Crippen LogP contribution in [-0.2, 0) is 0 Å². The monoisotopic (exact) mass is 442 g/mol. The standard InChI is InChI=1S/C23H22FN5O.K/c1-15(25-11-12-27-22-3-2-10-26-22)19-13-18(7-8-20(19)24)29-23(30)17-6-9-21(28-14-17)16-4-5-16;/h2-3,6-10,12-16,25H,4-5H2,1H3,(H,26,27)(H,29,30);/q-2;+1. The molecule has 8 heteroatoms. The van der Waals surface area contributed by atoms with E-state index in [9.17, 15) is 9.18 Å². The number of anilines is 2. The number of nitrogens with zero attached hydrogens (tertiary/aromatic N) is 2. The van der Waals surface area contributed by atoms with Crippen LogP contribution >= 0.6 is 0 Å². The van der Waals surface area contributed by atoms with Crippen molar-refractivity contribution >= 4 is 17.4 Å². The second-order valence-corrected chi connectivity index (χ2v) is 7.26. The Morgan fingerprint density at radius 2 is 2.13 bits per heavy atom. The molecular formula is C23H22FKN5O-. The van der Waals surface area contributed by atoms with Crippen molar-refractivity contribution in [2.75, 3.05) is 10.6 Å². The van der Waals surface area contributed by atoms with Gasteiger partial charge >= 0.3 is 51.4 Å². The van der Waals surface area contributed by atoms with Gasteiger partial charge in [0.15, 0.2) is 0 Å². The molecule has 1 aliphatic rings. The van der Waals surface area contributed by atoms with E-state index in [4.69, 9.17) is 0 Å². The number of carbonyl (C=O) groups is 1. The molecular weight excluding hydrogens is 420 g/mol. The van der Waals surface area contributed by atoms with E-state index in [1.165, 1.54) is 12.1 Å². The summed E-state index contributed by atoms with van der Waals surface area (Å²) in [6.45, 7) is 1.81. The fourth-order valence-corrected chi connectivity index (χ4v) is 3.06. The van der Waals surface area contributed by atoms with E-state index in [2.05, 4.69) is 32.1 Å². The van der Waals surface area contributed by atoms with E-state index in [0.717, 1.165) is 18.5 Å². The molecule has 1 saturated carbocycles. The Morgan fingerprint density at radius 3 is 2.81 bits per heavy atom. The van der Waals surface area contributed by atoms with Crippen LogP contribution in [0.25, 0.3) is 0 Å². The van der Waals surface area contributed by atoms with Gasteiger partial charge in [-0.15, -0.1) is 6.20 Å². The third-order valence-electron chi connectivity index (χ3n) is 4.91. The molecule has 4 rings (SSSR count). The van der Waals surface area contributed by atoms with Crippen molar-refractivity contribution < 1.29 is 60.6 Å². The molecule has 0 radical (unpaired) electrons. The van der Waals surface area contributed by atoms with E-state index >= 15 is 0 Å². The van der Waals surface area contributed by atoms with Gasteiger partial charge in [-0.05, 0) is 50.1 Å². The number of rotatable bonds is 8. The first-order valence-electron chi connectivity index (χ1n) is 9.84. The fourth-order valence-electron chi connectivity index (χ4n) is 3.06. The van der Waals surface area contributed by atoms with Gasteiger partial charge in [-0.3, -0.25) is 9.78 Å². The summed E-state index contributed by atoms with van der Waals surface area (Å²) in [5.74, 6) is 0.599. The molecule has 1 unspecified atom stereocenters. The van der Waals surface area contributed by atoms with Gasteiger partial charge < -0.3 is 27.1 Å². The molecule has 2 heterocycles. The molecule has 1 aromatic carbocycles. The number of hydrogen-bond acceptors (Lipinski definition) is 5. The average Bonchev–Trinajstić information content (AvgIpc) is 3.48. The van der Waals surface area contributed by atoms with Crippen molar-refractivity contribution in [2.45, 2.75) is 31.7 Å². The minimum Gasteiger partial charge on any atom is -0.560 e. The Bertz CT molecular complexity index is 1030. The number of aromatic nitrogens is 2. The zero-order valence-electron chi connectivity index (χ0n) is 17.5. The number of benzene rings is 1. The predicted molar refractivity (Wildman–Crippen MR) is 113 cm³/mol. The number of hydrogen-bond donors (Lipinski definition) is 3. The molecule has 1 aliphatic carbocycles. The number of nitrogens with one attached hydrogen (secondary N) is 3. The number of carbonyl (C=O) groups excluding carboxylic acids is 1. The topological polar surface area (TPSA) is 78.9 Å². The normalized spacial score (nSPS) is 14.0. The number of halogens is 1. The van der Waals surface area contributed by atoms with Crippen molar-refractivity contribution in [3.63, 3.8) is 0 Å². The van der Waals surface area contributed by atoms with Gasteiger partial charge in [0, 0.05) is 40.9 Å². The molecule has 1 amide bonds. The third kappa shape index (κ3) is 6.50. The molecule has 0 saturated heterocycles. The first-order chi connectivity index (χ1) is 14.6. The summed E-state index contributed by atoms with van der Waals surface area (Å²) >= 11 is 0. The summed E-state index contributed by atoms with van der Waals surface area (Å²) in [5, 5.41) is 8.74. The van der Waals surface area contributed by atoms with Crippen molar-refractivity contribution in [1.82, 2.24) is 15.3 Å². The molecule has 3 aromatic rings. The summed E-state index contributed by atoms with van der Waals surface area (Å²) in [4.78, 5) is 20.9. The molecule has 1 fully saturated rings. The molecule has 0 spiro atoms. The van der Waals surface area contributed by atoms with E-state index in [0.29, 0.717) is 28.6 Å². The molecule has 0 aliphatic heterocycles. The van der Waals surface area contributed by atoms with Crippen LogP contribution in [-0.4, -0.2) is 15.9 Å². The largest absolute Gasteiger partial charge is 1.00 e. The van der Waals surface area contributed by atoms with Crippen LogP contribution in [0.4, 0.5) is 15.9 Å². The van der Waals surface area contributed by atoms with Crippen LogP contribution in [0.1, 0.15) is 53.3 Å². The summed E-state index contributed by atoms with van der Waals surface area (Å²) in [5.41, 5.74) is 2.44. The maximum absolute atomic E-state index is 14.3. The van der Waals surface area contributed by atoms with Gasteiger partial charge in [-0.25, -0.2) is 10.5 Å². The predicted octanol–water partition coefficient (Wildman–Crippen LogP) is 1.51. The number of amides is 1. The minimum atomic E-state index is -0.365. The molecule has 2 aromatic heterocycles. The van der Waals surface area contributed by atoms with Crippen LogP contribution in [0.3, 0.4) is 0 Å². The second kappa shape index (κ2) is 11.1. The molecule has 31 heavy (non-hydrogen) atoms. The smallest absolute Gasteiger partial charge is 0.560 e. The van der Waals surface area contributed by atoms with E-state index in [-0.39, 0.29) is 69.2 Å². The minimum absolute atomic E-state index is 0. The Morgan fingerprint density at radius 1 is 1.29 bits per heavy atom. The first kappa shape index (κ1) is 23.7. The van der Waals surface area contributed by atoms with E-state index in [1.807, 2.05) is 25.1 Å². The molecule has 1 atom stereocenters. The zero-order chi connectivity index (χ0) is 20.9. The molecule has 6 nitrogen and oxygen atoms in total. The van der Waals surface area contributed by atoms with Crippen LogP contribution in [0.15, 0.2) is 61.1 Å². The summed E-state index contributed by atoms with van der Waals surface area (Å²) < 4.78 is 14.3. The summed E-state index contributed by atoms with van der Waals surface area (Å²) in [6, 6.07) is 11.5. The van der Waals surface area contributed by atoms with Gasteiger partial charge in [-0.2, -0.15) is 12.3 Å². The van der Waals surface area contributed by atoms with Crippen molar-refractivity contribution in [1.29, 1.82) is 0 Å². The van der Waals surface area contributed by atoms with Crippen LogP contribution < -0.4 is 67.3 Å². The van der Waals surface area contributed by atoms with Gasteiger partial charge in [0.25, 0.3) is 5.91 Å². The van der Waals surface area contributed by atoms with Crippen LogP contribution in [0.2, 0.25) is 0 Å². The zero-order valence-corrected chi connectivity index (χ0v) is 20.6. The SMILES string of the molecule is CC(N[C-]=CNc1[cH-]ccn1)c1cc(NC(=O)c2ccc(C3CC3)nc2)ccc1F.[K+]. The quantitative estimate of drug-likeness (QED) is 0.280. The Kier molecular flexibility index (Phi) is 8.45. The van der Waals surface area contributed by atoms with Crippen LogP contribution in [0, 0.1) is 12.0 Å². The molecule has 154 valence electrons. The second-order valence-electron chi connectivity index (χ2n) is 7.26. The molecule has 0 bridgehead atoms. The number of pyridine rings is 1. The van der Waals surface area contributed by atoms with Gasteiger partial charge in [0.1, 0.15) is 5.82 Å². The summed E-state index contributed by atoms with van der Waals surface area (Å²) in [7, 11) is 0. The van der Waals surface area contributed by atoms with Crippen molar-refractivity contribution in [3.05, 3.63) is 89.9 Å². The van der Waals surface area contributed by atoms with Gasteiger partial charge in [0.2, 0.25) is 0 Å². The van der Waals surface area contributed by atoms with E-state index < -0.39 is 0 Å². The Hall–Kier alpha value is -1.97. The van der Waals surface area contributed by atoms with Crippen molar-refractivity contribution in [2.24, 2.45) is 0 Å². The maximum Gasteiger partial charge on any atom is 1.00 e. The van der Waals surface area contributed by atoms with Gasteiger partial charge in [0.05, 0.1) is 5.56 Å². The van der Waals surface area contributed by atoms with Gasteiger partial charge in [-0.1, -0.05) is 0 Å². The Balaban J connectivity index is 0.00000272. The summed E-state index contributed by atoms with van der Waals surface area (Å²) in [6.07, 6.45) is 10.0. The third-order valence-corrected chi connectivity index (χ3v) is 4.91. The first-order valence-corrected chi connectivity index (χ1v) is 9.84. The average molecular weight is 443 g/mol. The molecule has 3 N–H and O–H groups in total. The maximum atomic E-state index is 14.3.